The molecule has 2 N–H and O–H groups in total. The first kappa shape index (κ1) is 28.1. The third-order valence-corrected chi connectivity index (χ3v) is 7.54. The number of rotatable bonds is 11. The Morgan fingerprint density at radius 1 is 0.953 bits per heavy atom. The van der Waals surface area contributed by atoms with Gasteiger partial charge >= 0.3 is 0 Å². The molecule has 216 valence electrons. The molecule has 6 aromatic rings. The fourth-order valence-corrected chi connectivity index (χ4v) is 5.36. The average Bonchev–Trinajstić information content (AvgIpc) is 3.65. The third kappa shape index (κ3) is 6.88. The van der Waals surface area contributed by atoms with Gasteiger partial charge in [0.05, 0.1) is 23.5 Å². The number of ether oxygens (including phenoxy) is 1. The highest BCUT2D eigenvalue weighted by Gasteiger charge is 2.18. The van der Waals surface area contributed by atoms with E-state index in [1.165, 1.54) is 0 Å². The Morgan fingerprint density at radius 3 is 2.70 bits per heavy atom. The highest BCUT2D eigenvalue weighted by molar-refractivity contribution is 7.10. The van der Waals surface area contributed by atoms with Crippen LogP contribution in [-0.2, 0) is 11.2 Å². The molecule has 0 unspecified atom stereocenters. The zero-order valence-corrected chi connectivity index (χ0v) is 24.7. The number of fused-ring (bicyclic) bond motifs is 1. The molecule has 0 aliphatic rings. The molecule has 2 aromatic carbocycles. The van der Waals surface area contributed by atoms with E-state index < -0.39 is 0 Å². The number of hydrogen-bond acceptors (Lipinski definition) is 8. The number of carbonyl (C=O) groups is 1. The quantitative estimate of drug-likeness (QED) is 0.181. The number of imidazole rings is 1. The molecule has 6 rings (SSSR count). The van der Waals surface area contributed by atoms with Gasteiger partial charge in [-0.1, -0.05) is 30.3 Å². The number of nitrogens with zero attached hydrogens (tertiary/aromatic N) is 5. The summed E-state index contributed by atoms with van der Waals surface area (Å²) in [6.07, 6.45) is 4.04. The van der Waals surface area contributed by atoms with Crippen molar-refractivity contribution in [1.29, 1.82) is 0 Å². The first-order chi connectivity index (χ1) is 21.0. The molecular weight excluding hydrogens is 558 g/mol. The molecule has 43 heavy (non-hydrogen) atoms. The molecule has 0 aliphatic heterocycles. The van der Waals surface area contributed by atoms with Gasteiger partial charge in [-0.2, -0.15) is 0 Å². The van der Waals surface area contributed by atoms with Gasteiger partial charge in [-0.3, -0.25) is 9.20 Å². The highest BCUT2D eigenvalue weighted by atomic mass is 32.1. The second-order valence-electron chi connectivity index (χ2n) is 10.2. The summed E-state index contributed by atoms with van der Waals surface area (Å²) in [4.78, 5) is 30.1. The Kier molecular flexibility index (Phi) is 8.39. The lowest BCUT2D eigenvalue weighted by molar-refractivity contribution is -0.115. The minimum Gasteiger partial charge on any atom is -0.492 e. The predicted molar refractivity (Wildman–Crippen MR) is 172 cm³/mol. The minimum atomic E-state index is -0.0616. The van der Waals surface area contributed by atoms with Crippen molar-refractivity contribution in [2.24, 2.45) is 0 Å². The molecule has 0 fully saturated rings. The number of benzene rings is 2. The van der Waals surface area contributed by atoms with E-state index in [0.717, 1.165) is 45.5 Å². The van der Waals surface area contributed by atoms with Gasteiger partial charge in [0.15, 0.2) is 0 Å². The lowest BCUT2D eigenvalue weighted by Crippen LogP contribution is -2.19. The molecule has 4 aromatic heterocycles. The van der Waals surface area contributed by atoms with Crippen LogP contribution in [0.3, 0.4) is 0 Å². The minimum absolute atomic E-state index is 0.0616. The Balaban J connectivity index is 1.29. The van der Waals surface area contributed by atoms with Crippen LogP contribution in [0.2, 0.25) is 0 Å². The van der Waals surface area contributed by atoms with Gasteiger partial charge in [-0.15, -0.1) is 11.3 Å². The van der Waals surface area contributed by atoms with E-state index in [1.807, 2.05) is 115 Å². The number of pyridine rings is 1. The summed E-state index contributed by atoms with van der Waals surface area (Å²) in [6.45, 7) is 1.42. The Hall–Kier alpha value is -5.06. The molecule has 0 aliphatic carbocycles. The standard InChI is InChI=1S/C33H31N7O2S/c1-39(2)17-18-42-26-11-6-10-25(21-26)36-33-34-15-14-28(37-33)32-31(38-29-13-3-4-16-40(29)32)23-8-5-9-24(20-23)35-30(41)22-27-12-7-19-43-27/h3-16,19-21H,17-18,22H2,1-2H3,(H,35,41)(H,34,36,37). The number of carbonyl (C=O) groups excluding carboxylic acids is 1. The normalized spacial score (nSPS) is 11.1. The second-order valence-corrected chi connectivity index (χ2v) is 11.2. The number of aromatic nitrogens is 4. The monoisotopic (exact) mass is 589 g/mol. The largest absolute Gasteiger partial charge is 0.492 e. The van der Waals surface area contributed by atoms with Crippen LogP contribution in [0.25, 0.3) is 28.3 Å². The van der Waals surface area contributed by atoms with Crippen molar-refractivity contribution in [2.75, 3.05) is 37.9 Å². The number of likely N-dealkylation sites (N-methyl/N-ethyl adjacent to an activating group) is 1. The summed E-state index contributed by atoms with van der Waals surface area (Å²) in [5.41, 5.74) is 5.46. The summed E-state index contributed by atoms with van der Waals surface area (Å²) in [5.74, 6) is 1.16. The van der Waals surface area contributed by atoms with Gasteiger partial charge in [0.25, 0.3) is 0 Å². The topological polar surface area (TPSA) is 96.7 Å². The Bertz CT molecular complexity index is 1850. The van der Waals surface area contributed by atoms with E-state index in [9.17, 15) is 4.79 Å². The van der Waals surface area contributed by atoms with Gasteiger partial charge in [0, 0.05) is 46.8 Å². The third-order valence-electron chi connectivity index (χ3n) is 6.66. The highest BCUT2D eigenvalue weighted by Crippen LogP contribution is 2.33. The lowest BCUT2D eigenvalue weighted by atomic mass is 10.1. The SMILES string of the molecule is CN(C)CCOc1cccc(Nc2nccc(-c3c(-c4cccc(NC(=O)Cc5cccs5)c4)nc4ccccn34)n2)c1. The van der Waals surface area contributed by atoms with Crippen LogP contribution in [0.4, 0.5) is 17.3 Å². The number of nitrogens with one attached hydrogen (secondary N) is 2. The van der Waals surface area contributed by atoms with Crippen molar-refractivity contribution < 1.29 is 9.53 Å². The van der Waals surface area contributed by atoms with E-state index in [4.69, 9.17) is 14.7 Å². The first-order valence-electron chi connectivity index (χ1n) is 13.9. The smallest absolute Gasteiger partial charge is 0.229 e. The molecule has 0 radical (unpaired) electrons. The van der Waals surface area contributed by atoms with E-state index in [2.05, 4.69) is 20.5 Å². The Labute approximate surface area is 253 Å². The van der Waals surface area contributed by atoms with Gasteiger partial charge < -0.3 is 20.3 Å². The zero-order chi connectivity index (χ0) is 29.6. The van der Waals surface area contributed by atoms with E-state index in [-0.39, 0.29) is 5.91 Å². The zero-order valence-electron chi connectivity index (χ0n) is 23.9. The van der Waals surface area contributed by atoms with Crippen LogP contribution in [0.5, 0.6) is 5.75 Å². The molecule has 0 saturated heterocycles. The van der Waals surface area contributed by atoms with Gasteiger partial charge in [0.2, 0.25) is 11.9 Å². The summed E-state index contributed by atoms with van der Waals surface area (Å²) in [5, 5.41) is 8.31. The van der Waals surface area contributed by atoms with Crippen molar-refractivity contribution in [2.45, 2.75) is 6.42 Å². The maximum atomic E-state index is 12.7. The Morgan fingerprint density at radius 2 is 1.84 bits per heavy atom. The fraction of sp³-hybridized carbons (Fsp3) is 0.152. The number of hydrogen-bond donors (Lipinski definition) is 2. The number of amides is 1. The van der Waals surface area contributed by atoms with Crippen molar-refractivity contribution in [1.82, 2.24) is 24.3 Å². The van der Waals surface area contributed by atoms with Crippen LogP contribution in [0.15, 0.2) is 103 Å². The number of thiophene rings is 1. The van der Waals surface area contributed by atoms with Crippen LogP contribution < -0.4 is 15.4 Å². The van der Waals surface area contributed by atoms with Gasteiger partial charge in [-0.25, -0.2) is 15.0 Å². The fourth-order valence-electron chi connectivity index (χ4n) is 4.65. The second kappa shape index (κ2) is 12.8. The molecule has 0 bridgehead atoms. The van der Waals surface area contributed by atoms with Crippen LogP contribution in [0.1, 0.15) is 4.88 Å². The van der Waals surface area contributed by atoms with Crippen molar-refractivity contribution >= 4 is 40.2 Å². The molecular formula is C33H31N7O2S. The van der Waals surface area contributed by atoms with Gasteiger partial charge in [-0.05, 0) is 68.0 Å². The molecule has 4 heterocycles. The molecule has 10 heteroatoms. The van der Waals surface area contributed by atoms with Crippen molar-refractivity contribution in [3.8, 4) is 28.4 Å². The van der Waals surface area contributed by atoms with E-state index in [0.29, 0.717) is 30.4 Å². The molecule has 0 atom stereocenters. The maximum Gasteiger partial charge on any atom is 0.229 e. The van der Waals surface area contributed by atoms with E-state index in [1.54, 1.807) is 17.5 Å². The number of anilines is 3. The van der Waals surface area contributed by atoms with E-state index >= 15 is 0 Å². The summed E-state index contributed by atoms with van der Waals surface area (Å²) in [6, 6.07) is 27.2. The van der Waals surface area contributed by atoms with Crippen LogP contribution in [-0.4, -0.2) is 57.4 Å². The predicted octanol–water partition coefficient (Wildman–Crippen LogP) is 6.39. The summed E-state index contributed by atoms with van der Waals surface area (Å²) < 4.78 is 7.91. The molecule has 0 spiro atoms. The summed E-state index contributed by atoms with van der Waals surface area (Å²) in [7, 11) is 4.03. The van der Waals surface area contributed by atoms with Crippen LogP contribution in [0, 0.1) is 0 Å². The maximum absolute atomic E-state index is 12.7. The van der Waals surface area contributed by atoms with Crippen molar-refractivity contribution in [3.63, 3.8) is 0 Å². The van der Waals surface area contributed by atoms with Crippen LogP contribution >= 0.6 is 11.3 Å². The average molecular weight is 590 g/mol. The van der Waals surface area contributed by atoms with Crippen molar-refractivity contribution in [3.05, 3.63) is 108 Å². The molecule has 0 saturated carbocycles. The van der Waals surface area contributed by atoms with Gasteiger partial charge in [0.1, 0.15) is 18.0 Å². The molecule has 9 nitrogen and oxygen atoms in total. The summed E-state index contributed by atoms with van der Waals surface area (Å²) >= 11 is 1.57. The first-order valence-corrected chi connectivity index (χ1v) is 14.8. The lowest BCUT2D eigenvalue weighted by Gasteiger charge is -2.12. The molecule has 1 amide bonds.